The normalized spacial score (nSPS) is 11.6. The van der Waals surface area contributed by atoms with E-state index >= 15 is 0 Å². The number of pyridine rings is 1. The van der Waals surface area contributed by atoms with Gasteiger partial charge in [-0.25, -0.2) is 0 Å². The molecule has 23 heavy (non-hydrogen) atoms. The highest BCUT2D eigenvalue weighted by Gasteiger charge is 2.19. The van der Waals surface area contributed by atoms with E-state index in [-0.39, 0.29) is 24.3 Å². The van der Waals surface area contributed by atoms with Crippen LogP contribution in [0, 0.1) is 0 Å². The van der Waals surface area contributed by atoms with Crippen molar-refractivity contribution >= 4 is 11.8 Å². The zero-order valence-corrected chi connectivity index (χ0v) is 13.4. The van der Waals surface area contributed by atoms with E-state index in [0.717, 1.165) is 11.1 Å². The number of hydrogen-bond acceptors (Lipinski definition) is 3. The molecule has 0 bridgehead atoms. The molecule has 1 heterocycles. The average Bonchev–Trinajstić information content (AvgIpc) is 2.55. The highest BCUT2D eigenvalue weighted by atomic mass is 16.2. The van der Waals surface area contributed by atoms with Crippen molar-refractivity contribution in [3.63, 3.8) is 0 Å². The van der Waals surface area contributed by atoms with E-state index in [9.17, 15) is 9.59 Å². The molecule has 5 heteroatoms. The Bertz CT molecular complexity index is 644. The first-order chi connectivity index (χ1) is 11.1. The van der Waals surface area contributed by atoms with Gasteiger partial charge in [0.25, 0.3) is 0 Å². The highest BCUT2D eigenvalue weighted by molar-refractivity contribution is 5.79. The third-order valence-electron chi connectivity index (χ3n) is 3.53. The Balaban J connectivity index is 2.03. The maximum absolute atomic E-state index is 12.5. The second-order valence-corrected chi connectivity index (χ2v) is 5.48. The quantitative estimate of drug-likeness (QED) is 0.890. The summed E-state index contributed by atoms with van der Waals surface area (Å²) in [6.45, 7) is 1.95. The topological polar surface area (TPSA) is 62.3 Å². The number of nitrogens with zero attached hydrogens (tertiary/aromatic N) is 2. The Hall–Kier alpha value is -2.69. The van der Waals surface area contributed by atoms with Gasteiger partial charge in [-0.15, -0.1) is 0 Å². The molecule has 2 rings (SSSR count). The molecule has 1 aromatic carbocycles. The number of hydrogen-bond donors (Lipinski definition) is 1. The molecule has 2 aromatic rings. The molecule has 0 saturated carbocycles. The van der Waals surface area contributed by atoms with Crippen molar-refractivity contribution in [3.8, 4) is 0 Å². The van der Waals surface area contributed by atoms with Crippen molar-refractivity contribution in [3.05, 3.63) is 66.0 Å². The Kier molecular flexibility index (Phi) is 5.86. The van der Waals surface area contributed by atoms with Gasteiger partial charge in [0.05, 0.1) is 12.5 Å². The monoisotopic (exact) mass is 311 g/mol. The highest BCUT2D eigenvalue weighted by Crippen LogP contribution is 2.18. The third-order valence-corrected chi connectivity index (χ3v) is 3.53. The van der Waals surface area contributed by atoms with Crippen molar-refractivity contribution in [2.45, 2.75) is 25.9 Å². The Morgan fingerprint density at radius 2 is 1.91 bits per heavy atom. The van der Waals surface area contributed by atoms with Gasteiger partial charge >= 0.3 is 0 Å². The summed E-state index contributed by atoms with van der Waals surface area (Å²) in [5, 5.41) is 2.85. The molecule has 5 nitrogen and oxygen atoms in total. The molecule has 0 aliphatic carbocycles. The predicted molar refractivity (Wildman–Crippen MR) is 88.3 cm³/mol. The molecule has 2 amide bonds. The van der Waals surface area contributed by atoms with Gasteiger partial charge in [-0.1, -0.05) is 36.4 Å². The summed E-state index contributed by atoms with van der Waals surface area (Å²) in [6, 6.07) is 13.0. The molecule has 0 aliphatic rings. The first-order valence-corrected chi connectivity index (χ1v) is 7.51. The summed E-state index contributed by atoms with van der Waals surface area (Å²) in [5.74, 6) is -0.182. The second kappa shape index (κ2) is 8.08. The number of carbonyl (C=O) groups excluding carboxylic acids is 2. The van der Waals surface area contributed by atoms with Crippen molar-refractivity contribution in [2.24, 2.45) is 0 Å². The summed E-state index contributed by atoms with van der Waals surface area (Å²) < 4.78 is 0. The molecule has 0 radical (unpaired) electrons. The lowest BCUT2D eigenvalue weighted by molar-refractivity contribution is -0.131. The van der Waals surface area contributed by atoms with E-state index in [1.165, 1.54) is 6.92 Å². The fourth-order valence-corrected chi connectivity index (χ4v) is 2.37. The maximum Gasteiger partial charge on any atom is 0.225 e. The molecule has 0 fully saturated rings. The zero-order chi connectivity index (χ0) is 16.7. The molecular formula is C18H21N3O2. The Morgan fingerprint density at radius 3 is 2.52 bits per heavy atom. The lowest BCUT2D eigenvalue weighted by atomic mass is 10.0. The van der Waals surface area contributed by atoms with E-state index in [0.29, 0.717) is 6.54 Å². The molecule has 0 saturated heterocycles. The molecular weight excluding hydrogens is 290 g/mol. The molecule has 1 atom stereocenters. The minimum atomic E-state index is -0.322. The number of rotatable bonds is 6. The van der Waals surface area contributed by atoms with Crippen LogP contribution in [0.2, 0.25) is 0 Å². The van der Waals surface area contributed by atoms with Gasteiger partial charge in [0, 0.05) is 32.9 Å². The summed E-state index contributed by atoms with van der Waals surface area (Å²) >= 11 is 0. The average molecular weight is 311 g/mol. The van der Waals surface area contributed by atoms with Gasteiger partial charge in [0.15, 0.2) is 0 Å². The third kappa shape index (κ3) is 5.21. The van der Waals surface area contributed by atoms with E-state index in [2.05, 4.69) is 10.3 Å². The van der Waals surface area contributed by atoms with Crippen LogP contribution in [-0.2, 0) is 16.1 Å². The fourth-order valence-electron chi connectivity index (χ4n) is 2.37. The largest absolute Gasteiger partial charge is 0.349 e. The molecule has 0 spiro atoms. The van der Waals surface area contributed by atoms with E-state index in [1.807, 2.05) is 42.5 Å². The van der Waals surface area contributed by atoms with Crippen LogP contribution in [0.15, 0.2) is 54.9 Å². The van der Waals surface area contributed by atoms with Crippen molar-refractivity contribution in [1.29, 1.82) is 0 Å². The van der Waals surface area contributed by atoms with Crippen molar-refractivity contribution in [2.75, 3.05) is 7.05 Å². The van der Waals surface area contributed by atoms with Crippen LogP contribution in [0.3, 0.4) is 0 Å². The Morgan fingerprint density at radius 1 is 1.17 bits per heavy atom. The lowest BCUT2D eigenvalue weighted by Gasteiger charge is -2.22. The van der Waals surface area contributed by atoms with Gasteiger partial charge in [-0.2, -0.15) is 0 Å². The maximum atomic E-state index is 12.5. The summed E-state index contributed by atoms with van der Waals surface area (Å²) in [7, 11) is 1.76. The van der Waals surface area contributed by atoms with Crippen LogP contribution in [0.5, 0.6) is 0 Å². The smallest absolute Gasteiger partial charge is 0.225 e. The summed E-state index contributed by atoms with van der Waals surface area (Å²) in [4.78, 5) is 29.6. The van der Waals surface area contributed by atoms with Crippen molar-refractivity contribution < 1.29 is 9.59 Å². The summed E-state index contributed by atoms with van der Waals surface area (Å²) in [6.07, 6.45) is 3.67. The zero-order valence-electron chi connectivity index (χ0n) is 13.4. The first-order valence-electron chi connectivity index (χ1n) is 7.51. The van der Waals surface area contributed by atoms with Crippen molar-refractivity contribution in [1.82, 2.24) is 15.2 Å². The van der Waals surface area contributed by atoms with Crippen LogP contribution < -0.4 is 5.32 Å². The van der Waals surface area contributed by atoms with Crippen LogP contribution in [-0.4, -0.2) is 28.7 Å². The second-order valence-electron chi connectivity index (χ2n) is 5.48. The standard InChI is InChI=1S/C18H21N3O2/c1-14(22)20-17(16-8-4-3-5-9-16)11-18(23)21(2)13-15-7-6-10-19-12-15/h3-10,12,17H,11,13H2,1-2H3,(H,20,22). The van der Waals surface area contributed by atoms with E-state index < -0.39 is 0 Å². The van der Waals surface area contributed by atoms with Gasteiger partial charge < -0.3 is 10.2 Å². The van der Waals surface area contributed by atoms with E-state index in [1.54, 1.807) is 24.3 Å². The van der Waals surface area contributed by atoms with Gasteiger partial charge in [0.1, 0.15) is 0 Å². The molecule has 1 N–H and O–H groups in total. The SMILES string of the molecule is CC(=O)NC(CC(=O)N(C)Cc1cccnc1)c1ccccc1. The van der Waals surface area contributed by atoms with Crippen LogP contribution in [0.1, 0.15) is 30.5 Å². The fraction of sp³-hybridized carbons (Fsp3) is 0.278. The van der Waals surface area contributed by atoms with Gasteiger partial charge in [-0.05, 0) is 17.2 Å². The minimum absolute atomic E-state index is 0.0311. The number of nitrogens with one attached hydrogen (secondary N) is 1. The lowest BCUT2D eigenvalue weighted by Crippen LogP contribution is -2.33. The van der Waals surface area contributed by atoms with Crippen LogP contribution in [0.25, 0.3) is 0 Å². The Labute approximate surface area is 136 Å². The number of amides is 2. The first kappa shape index (κ1) is 16.7. The van der Waals surface area contributed by atoms with Crippen LogP contribution in [0.4, 0.5) is 0 Å². The number of aromatic nitrogens is 1. The van der Waals surface area contributed by atoms with Gasteiger partial charge in [-0.3, -0.25) is 14.6 Å². The predicted octanol–water partition coefficient (Wildman–Crippen LogP) is 2.31. The van der Waals surface area contributed by atoms with Gasteiger partial charge in [0.2, 0.25) is 11.8 Å². The molecule has 0 aliphatic heterocycles. The molecule has 1 aromatic heterocycles. The molecule has 120 valence electrons. The number of carbonyl (C=O) groups is 2. The summed E-state index contributed by atoms with van der Waals surface area (Å²) in [5.41, 5.74) is 1.89. The number of benzene rings is 1. The van der Waals surface area contributed by atoms with E-state index in [4.69, 9.17) is 0 Å². The minimum Gasteiger partial charge on any atom is -0.349 e. The van der Waals surface area contributed by atoms with Crippen LogP contribution >= 0.6 is 0 Å². The molecule has 1 unspecified atom stereocenters.